The molecule has 1 atom stereocenters. The highest BCUT2D eigenvalue weighted by molar-refractivity contribution is 5.83. The van der Waals surface area contributed by atoms with Crippen molar-refractivity contribution < 1.29 is 4.79 Å². The quantitative estimate of drug-likeness (QED) is 0.750. The fraction of sp³-hybridized carbons (Fsp3) is 0.400. The number of carbonyl (C=O) groups is 1. The van der Waals surface area contributed by atoms with Crippen LogP contribution in [0.4, 0.5) is 5.82 Å². The predicted octanol–water partition coefficient (Wildman–Crippen LogP) is 1.02. The molecule has 0 bridgehead atoms. The van der Waals surface area contributed by atoms with Crippen LogP contribution in [-0.4, -0.2) is 23.5 Å². The molecule has 0 aliphatic carbocycles. The lowest BCUT2D eigenvalue weighted by molar-refractivity contribution is -0.121. The minimum absolute atomic E-state index is 0.0156. The molecular weight excluding hydrogens is 178 g/mol. The molecule has 2 N–H and O–H groups in total. The van der Waals surface area contributed by atoms with Crippen LogP contribution in [0.3, 0.4) is 0 Å². The Morgan fingerprint density at radius 2 is 2.36 bits per heavy atom. The van der Waals surface area contributed by atoms with E-state index in [4.69, 9.17) is 0 Å². The first kappa shape index (κ1) is 10.5. The fourth-order valence-corrected chi connectivity index (χ4v) is 1.06. The largest absolute Gasteiger partial charge is 0.359 e. The van der Waals surface area contributed by atoms with Gasteiger partial charge in [0.2, 0.25) is 5.91 Å². The summed E-state index contributed by atoms with van der Waals surface area (Å²) < 4.78 is 0. The molecular formula is C10H15N3O. The first-order valence-electron chi connectivity index (χ1n) is 4.69. The second kappa shape index (κ2) is 5.21. The van der Waals surface area contributed by atoms with Crippen molar-refractivity contribution >= 4 is 11.7 Å². The van der Waals surface area contributed by atoms with Gasteiger partial charge in [-0.1, -0.05) is 6.07 Å². The van der Waals surface area contributed by atoms with E-state index in [1.54, 1.807) is 13.1 Å². The minimum atomic E-state index is -0.259. The molecule has 1 rings (SSSR count). The first-order chi connectivity index (χ1) is 6.74. The van der Waals surface area contributed by atoms with Gasteiger partial charge < -0.3 is 10.6 Å². The van der Waals surface area contributed by atoms with E-state index in [-0.39, 0.29) is 11.9 Å². The molecule has 76 valence electrons. The van der Waals surface area contributed by atoms with Gasteiger partial charge in [-0.15, -0.1) is 0 Å². The van der Waals surface area contributed by atoms with Crippen LogP contribution >= 0.6 is 0 Å². The van der Waals surface area contributed by atoms with Crippen LogP contribution in [0.1, 0.15) is 13.8 Å². The Morgan fingerprint density at radius 3 is 2.93 bits per heavy atom. The van der Waals surface area contributed by atoms with E-state index in [9.17, 15) is 4.79 Å². The van der Waals surface area contributed by atoms with Gasteiger partial charge in [0.15, 0.2) is 0 Å². The average Bonchev–Trinajstić information content (AvgIpc) is 2.19. The zero-order valence-electron chi connectivity index (χ0n) is 8.45. The second-order valence-corrected chi connectivity index (χ2v) is 2.98. The maximum Gasteiger partial charge on any atom is 0.242 e. The van der Waals surface area contributed by atoms with E-state index in [2.05, 4.69) is 15.6 Å². The molecule has 4 heteroatoms. The summed E-state index contributed by atoms with van der Waals surface area (Å²) in [5.74, 6) is 0.699. The number of aromatic nitrogens is 1. The van der Waals surface area contributed by atoms with Crippen molar-refractivity contribution in [2.45, 2.75) is 19.9 Å². The molecule has 1 unspecified atom stereocenters. The molecule has 0 aliphatic heterocycles. The Bertz CT molecular complexity index is 287. The van der Waals surface area contributed by atoms with Crippen LogP contribution in [0.15, 0.2) is 24.4 Å². The number of hydrogen-bond donors (Lipinski definition) is 2. The molecule has 4 nitrogen and oxygen atoms in total. The number of likely N-dealkylation sites (N-methyl/N-ethyl adjacent to an activating group) is 1. The zero-order chi connectivity index (χ0) is 10.4. The SMILES string of the molecule is CCNC(=O)C(C)Nc1ccccn1. The predicted molar refractivity (Wildman–Crippen MR) is 56.0 cm³/mol. The van der Waals surface area contributed by atoms with Crippen LogP contribution in [-0.2, 0) is 4.79 Å². The lowest BCUT2D eigenvalue weighted by atomic mass is 10.3. The third-order valence-corrected chi connectivity index (χ3v) is 1.77. The summed E-state index contributed by atoms with van der Waals surface area (Å²) in [4.78, 5) is 15.4. The highest BCUT2D eigenvalue weighted by atomic mass is 16.2. The van der Waals surface area contributed by atoms with Gasteiger partial charge in [0, 0.05) is 12.7 Å². The van der Waals surface area contributed by atoms with Crippen molar-refractivity contribution in [3.05, 3.63) is 24.4 Å². The van der Waals surface area contributed by atoms with Crippen molar-refractivity contribution in [3.63, 3.8) is 0 Å². The van der Waals surface area contributed by atoms with E-state index >= 15 is 0 Å². The van der Waals surface area contributed by atoms with Crippen LogP contribution in [0.25, 0.3) is 0 Å². The summed E-state index contributed by atoms with van der Waals surface area (Å²) >= 11 is 0. The van der Waals surface area contributed by atoms with Gasteiger partial charge in [-0.25, -0.2) is 4.98 Å². The molecule has 0 aliphatic rings. The van der Waals surface area contributed by atoms with E-state index in [0.717, 1.165) is 0 Å². The molecule has 0 saturated carbocycles. The summed E-state index contributed by atoms with van der Waals surface area (Å²) in [6.07, 6.45) is 1.69. The molecule has 0 saturated heterocycles. The third-order valence-electron chi connectivity index (χ3n) is 1.77. The normalized spacial score (nSPS) is 11.9. The minimum Gasteiger partial charge on any atom is -0.359 e. The Kier molecular flexibility index (Phi) is 3.91. The van der Waals surface area contributed by atoms with E-state index < -0.39 is 0 Å². The van der Waals surface area contributed by atoms with E-state index in [1.165, 1.54) is 0 Å². The van der Waals surface area contributed by atoms with Crippen LogP contribution < -0.4 is 10.6 Å². The lowest BCUT2D eigenvalue weighted by Crippen LogP contribution is -2.37. The second-order valence-electron chi connectivity index (χ2n) is 2.98. The summed E-state index contributed by atoms with van der Waals surface area (Å²) in [6.45, 7) is 4.35. The van der Waals surface area contributed by atoms with Gasteiger partial charge in [0.1, 0.15) is 11.9 Å². The Labute approximate surface area is 83.7 Å². The third kappa shape index (κ3) is 3.05. The summed E-state index contributed by atoms with van der Waals surface area (Å²) in [5, 5.41) is 5.74. The average molecular weight is 193 g/mol. The van der Waals surface area contributed by atoms with Gasteiger partial charge >= 0.3 is 0 Å². The highest BCUT2D eigenvalue weighted by Crippen LogP contribution is 2.02. The topological polar surface area (TPSA) is 54.0 Å². The van der Waals surface area contributed by atoms with Gasteiger partial charge in [0.25, 0.3) is 0 Å². The van der Waals surface area contributed by atoms with Crippen molar-refractivity contribution in [1.82, 2.24) is 10.3 Å². The molecule has 0 fully saturated rings. The number of rotatable bonds is 4. The number of hydrogen-bond acceptors (Lipinski definition) is 3. The standard InChI is InChI=1S/C10H15N3O/c1-3-11-10(14)8(2)13-9-6-4-5-7-12-9/h4-8H,3H2,1-2H3,(H,11,14)(H,12,13). The van der Waals surface area contributed by atoms with Crippen LogP contribution in [0.2, 0.25) is 0 Å². The van der Waals surface area contributed by atoms with Crippen LogP contribution in [0.5, 0.6) is 0 Å². The van der Waals surface area contributed by atoms with Crippen LogP contribution in [0, 0.1) is 0 Å². The van der Waals surface area contributed by atoms with Gasteiger partial charge in [-0.2, -0.15) is 0 Å². The maximum absolute atomic E-state index is 11.3. The highest BCUT2D eigenvalue weighted by Gasteiger charge is 2.10. The van der Waals surface area contributed by atoms with Crippen molar-refractivity contribution in [2.24, 2.45) is 0 Å². The molecule has 1 heterocycles. The molecule has 0 aromatic carbocycles. The molecule has 1 aromatic rings. The van der Waals surface area contributed by atoms with Crippen molar-refractivity contribution in [2.75, 3.05) is 11.9 Å². The van der Waals surface area contributed by atoms with E-state index in [1.807, 2.05) is 25.1 Å². The number of pyridine rings is 1. The monoisotopic (exact) mass is 193 g/mol. The zero-order valence-corrected chi connectivity index (χ0v) is 8.45. The molecule has 1 amide bonds. The van der Waals surface area contributed by atoms with E-state index in [0.29, 0.717) is 12.4 Å². The Morgan fingerprint density at radius 1 is 1.57 bits per heavy atom. The summed E-state index contributed by atoms with van der Waals surface area (Å²) in [6, 6.07) is 5.28. The Hall–Kier alpha value is -1.58. The van der Waals surface area contributed by atoms with Crippen molar-refractivity contribution in [3.8, 4) is 0 Å². The molecule has 1 aromatic heterocycles. The molecule has 0 radical (unpaired) electrons. The summed E-state index contributed by atoms with van der Waals surface area (Å²) in [5.41, 5.74) is 0. The number of carbonyl (C=O) groups excluding carboxylic acids is 1. The number of anilines is 1. The Balaban J connectivity index is 2.49. The summed E-state index contributed by atoms with van der Waals surface area (Å²) in [7, 11) is 0. The number of nitrogens with zero attached hydrogens (tertiary/aromatic N) is 1. The number of amides is 1. The lowest BCUT2D eigenvalue weighted by Gasteiger charge is -2.13. The van der Waals surface area contributed by atoms with Gasteiger partial charge in [-0.3, -0.25) is 4.79 Å². The smallest absolute Gasteiger partial charge is 0.242 e. The van der Waals surface area contributed by atoms with Crippen molar-refractivity contribution in [1.29, 1.82) is 0 Å². The van der Waals surface area contributed by atoms with Gasteiger partial charge in [0.05, 0.1) is 0 Å². The molecule has 0 spiro atoms. The number of nitrogens with one attached hydrogen (secondary N) is 2. The maximum atomic E-state index is 11.3. The fourth-order valence-electron chi connectivity index (χ4n) is 1.06. The first-order valence-corrected chi connectivity index (χ1v) is 4.69. The molecule has 14 heavy (non-hydrogen) atoms. The van der Waals surface area contributed by atoms with Gasteiger partial charge in [-0.05, 0) is 26.0 Å².